The van der Waals surface area contributed by atoms with Gasteiger partial charge in [-0.2, -0.15) is 0 Å². The van der Waals surface area contributed by atoms with Crippen LogP contribution >= 0.6 is 11.6 Å². The smallest absolute Gasteiger partial charge is 0.126 e. The summed E-state index contributed by atoms with van der Waals surface area (Å²) < 4.78 is 5.53. The summed E-state index contributed by atoms with van der Waals surface area (Å²) in [5, 5.41) is 0.717. The van der Waals surface area contributed by atoms with Gasteiger partial charge in [0.1, 0.15) is 5.75 Å². The predicted molar refractivity (Wildman–Crippen MR) is 101 cm³/mol. The van der Waals surface area contributed by atoms with Crippen LogP contribution in [0, 0.1) is 0 Å². The molecule has 4 rings (SSSR count). The Morgan fingerprint density at radius 1 is 0.792 bits per heavy atom. The molecule has 0 atom stereocenters. The minimum atomic E-state index is -0.00620. The van der Waals surface area contributed by atoms with Gasteiger partial charge < -0.3 is 4.74 Å². The Bertz CT molecular complexity index is 940. The number of ether oxygens (including phenoxy) is 1. The summed E-state index contributed by atoms with van der Waals surface area (Å²) in [6.45, 7) is 4.58. The third kappa shape index (κ3) is 2.16. The zero-order valence-electron chi connectivity index (χ0n) is 14.1. The topological polar surface area (TPSA) is 9.23 Å². The fourth-order valence-electron chi connectivity index (χ4n) is 3.78. The summed E-state index contributed by atoms with van der Waals surface area (Å²) in [5.74, 6) is 0.840. The SMILES string of the molecule is COc1ccc(Cl)cc1-c1ccc2c(c1)C(C)(C)c1ccccc1-2. The molecule has 1 aliphatic carbocycles. The Morgan fingerprint density at radius 3 is 2.33 bits per heavy atom. The predicted octanol–water partition coefficient (Wildman–Crippen LogP) is 6.32. The molecular weight excluding hydrogens is 316 g/mol. The zero-order valence-corrected chi connectivity index (χ0v) is 14.8. The van der Waals surface area contributed by atoms with Crippen molar-refractivity contribution >= 4 is 11.6 Å². The number of fused-ring (bicyclic) bond motifs is 3. The zero-order chi connectivity index (χ0) is 16.9. The molecule has 0 bridgehead atoms. The van der Waals surface area contributed by atoms with E-state index in [1.54, 1.807) is 7.11 Å². The largest absolute Gasteiger partial charge is 0.496 e. The average molecular weight is 335 g/mol. The molecule has 0 spiro atoms. The molecule has 0 aromatic heterocycles. The van der Waals surface area contributed by atoms with E-state index in [0.29, 0.717) is 5.02 Å². The second kappa shape index (κ2) is 5.39. The van der Waals surface area contributed by atoms with E-state index >= 15 is 0 Å². The highest BCUT2D eigenvalue weighted by molar-refractivity contribution is 6.31. The summed E-state index contributed by atoms with van der Waals surface area (Å²) in [4.78, 5) is 0. The molecule has 3 aromatic rings. The molecule has 0 amide bonds. The summed E-state index contributed by atoms with van der Waals surface area (Å²) >= 11 is 6.21. The minimum absolute atomic E-state index is 0.00620. The second-order valence-corrected chi connectivity index (χ2v) is 7.21. The lowest BCUT2D eigenvalue weighted by atomic mass is 9.81. The summed E-state index contributed by atoms with van der Waals surface area (Å²) in [5.41, 5.74) is 7.54. The summed E-state index contributed by atoms with van der Waals surface area (Å²) in [6, 6.07) is 21.1. The third-order valence-corrected chi connectivity index (χ3v) is 5.29. The Labute approximate surface area is 147 Å². The highest BCUT2D eigenvalue weighted by Gasteiger charge is 2.35. The fourth-order valence-corrected chi connectivity index (χ4v) is 3.95. The molecule has 0 fully saturated rings. The van der Waals surface area contributed by atoms with Crippen LogP contribution in [-0.4, -0.2) is 7.11 Å². The standard InChI is InChI=1S/C22H19ClO/c1-22(2)19-7-5-4-6-16(19)17-10-8-14(12-20(17)22)18-13-15(23)9-11-21(18)24-3/h4-13H,1-3H3. The molecule has 0 N–H and O–H groups in total. The van der Waals surface area contributed by atoms with Gasteiger partial charge >= 0.3 is 0 Å². The van der Waals surface area contributed by atoms with Gasteiger partial charge in [0.2, 0.25) is 0 Å². The van der Waals surface area contributed by atoms with Crippen LogP contribution in [0.1, 0.15) is 25.0 Å². The van der Waals surface area contributed by atoms with Gasteiger partial charge in [-0.05, 0) is 52.1 Å². The van der Waals surface area contributed by atoms with Crippen LogP contribution in [0.3, 0.4) is 0 Å². The van der Waals surface area contributed by atoms with Crippen LogP contribution in [0.2, 0.25) is 5.02 Å². The van der Waals surface area contributed by atoms with Gasteiger partial charge in [-0.25, -0.2) is 0 Å². The molecule has 0 aliphatic heterocycles. The van der Waals surface area contributed by atoms with Crippen molar-refractivity contribution in [2.24, 2.45) is 0 Å². The van der Waals surface area contributed by atoms with Gasteiger partial charge in [-0.15, -0.1) is 0 Å². The molecule has 120 valence electrons. The van der Waals surface area contributed by atoms with E-state index in [4.69, 9.17) is 16.3 Å². The Hall–Kier alpha value is -2.25. The maximum Gasteiger partial charge on any atom is 0.126 e. The van der Waals surface area contributed by atoms with Crippen molar-refractivity contribution in [1.29, 1.82) is 0 Å². The van der Waals surface area contributed by atoms with Crippen molar-refractivity contribution in [2.75, 3.05) is 7.11 Å². The molecule has 2 heteroatoms. The van der Waals surface area contributed by atoms with E-state index < -0.39 is 0 Å². The lowest BCUT2D eigenvalue weighted by Gasteiger charge is -2.22. The van der Waals surface area contributed by atoms with Gasteiger partial charge in [-0.3, -0.25) is 0 Å². The molecule has 0 heterocycles. The monoisotopic (exact) mass is 334 g/mol. The lowest BCUT2D eigenvalue weighted by molar-refractivity contribution is 0.416. The van der Waals surface area contributed by atoms with Crippen LogP contribution in [0.25, 0.3) is 22.3 Å². The fraction of sp³-hybridized carbons (Fsp3) is 0.182. The van der Waals surface area contributed by atoms with Crippen LogP contribution in [0.4, 0.5) is 0 Å². The first-order chi connectivity index (χ1) is 11.5. The van der Waals surface area contributed by atoms with Gasteiger partial charge in [0, 0.05) is 16.0 Å². The van der Waals surface area contributed by atoms with Crippen LogP contribution in [-0.2, 0) is 5.41 Å². The van der Waals surface area contributed by atoms with Crippen molar-refractivity contribution in [1.82, 2.24) is 0 Å². The average Bonchev–Trinajstić information content (AvgIpc) is 2.83. The molecule has 1 aliphatic rings. The summed E-state index contributed by atoms with van der Waals surface area (Å²) in [7, 11) is 1.69. The van der Waals surface area contributed by atoms with E-state index in [1.807, 2.05) is 18.2 Å². The number of benzene rings is 3. The molecule has 3 aromatic carbocycles. The van der Waals surface area contributed by atoms with Crippen molar-refractivity contribution in [3.05, 3.63) is 76.8 Å². The van der Waals surface area contributed by atoms with E-state index in [9.17, 15) is 0 Å². The Kier molecular flexibility index (Phi) is 3.43. The molecule has 0 saturated carbocycles. The number of hydrogen-bond acceptors (Lipinski definition) is 1. The van der Waals surface area contributed by atoms with Gasteiger partial charge in [0.25, 0.3) is 0 Å². The first kappa shape index (κ1) is 15.3. The summed E-state index contributed by atoms with van der Waals surface area (Å²) in [6.07, 6.45) is 0. The second-order valence-electron chi connectivity index (χ2n) is 6.78. The maximum atomic E-state index is 6.21. The van der Waals surface area contributed by atoms with Crippen LogP contribution < -0.4 is 4.74 Å². The van der Waals surface area contributed by atoms with E-state index in [1.165, 1.54) is 22.3 Å². The van der Waals surface area contributed by atoms with Gasteiger partial charge in [0.15, 0.2) is 0 Å². The molecule has 0 unspecified atom stereocenters. The minimum Gasteiger partial charge on any atom is -0.496 e. The van der Waals surface area contributed by atoms with Gasteiger partial charge in [0.05, 0.1) is 7.11 Å². The number of halogens is 1. The highest BCUT2D eigenvalue weighted by atomic mass is 35.5. The van der Waals surface area contributed by atoms with Crippen LogP contribution in [0.15, 0.2) is 60.7 Å². The number of methoxy groups -OCH3 is 1. The van der Waals surface area contributed by atoms with E-state index in [0.717, 1.165) is 16.9 Å². The Morgan fingerprint density at radius 2 is 1.54 bits per heavy atom. The quantitative estimate of drug-likeness (QED) is 0.532. The highest BCUT2D eigenvalue weighted by Crippen LogP contribution is 2.49. The first-order valence-electron chi connectivity index (χ1n) is 8.10. The van der Waals surface area contributed by atoms with Crippen molar-refractivity contribution in [3.63, 3.8) is 0 Å². The molecule has 0 saturated heterocycles. The van der Waals surface area contributed by atoms with Gasteiger partial charge in [-0.1, -0.05) is 61.8 Å². The molecule has 1 nitrogen and oxygen atoms in total. The van der Waals surface area contributed by atoms with E-state index in [-0.39, 0.29) is 5.41 Å². The molecule has 24 heavy (non-hydrogen) atoms. The third-order valence-electron chi connectivity index (χ3n) is 5.06. The van der Waals surface area contributed by atoms with Crippen molar-refractivity contribution in [3.8, 4) is 28.0 Å². The van der Waals surface area contributed by atoms with Crippen molar-refractivity contribution in [2.45, 2.75) is 19.3 Å². The number of rotatable bonds is 2. The first-order valence-corrected chi connectivity index (χ1v) is 8.48. The normalized spacial score (nSPS) is 14.2. The lowest BCUT2D eigenvalue weighted by Crippen LogP contribution is -2.14. The molecular formula is C22H19ClO. The van der Waals surface area contributed by atoms with E-state index in [2.05, 4.69) is 56.3 Å². The number of hydrogen-bond donors (Lipinski definition) is 0. The van der Waals surface area contributed by atoms with Crippen LogP contribution in [0.5, 0.6) is 5.75 Å². The Balaban J connectivity index is 1.93. The molecule has 0 radical (unpaired) electrons. The maximum absolute atomic E-state index is 6.21. The van der Waals surface area contributed by atoms with Crippen molar-refractivity contribution < 1.29 is 4.74 Å².